The summed E-state index contributed by atoms with van der Waals surface area (Å²) in [4.78, 5) is 0. The van der Waals surface area contributed by atoms with Gasteiger partial charge in [-0.1, -0.05) is 22.9 Å². The van der Waals surface area contributed by atoms with Crippen LogP contribution in [-0.2, 0) is 7.05 Å². The Morgan fingerprint density at radius 2 is 2.15 bits per heavy atom. The van der Waals surface area contributed by atoms with Crippen LogP contribution in [0.5, 0.6) is 0 Å². The van der Waals surface area contributed by atoms with Crippen LogP contribution < -0.4 is 0 Å². The lowest BCUT2D eigenvalue weighted by Gasteiger charge is -2.08. The van der Waals surface area contributed by atoms with E-state index in [0.29, 0.717) is 21.3 Å². The molecular weight excluding hydrogens is 296 g/mol. The maximum atomic E-state index is 6.31. The number of rotatable bonds is 2. The molecule has 2 aromatic heterocycles. The van der Waals surface area contributed by atoms with E-state index in [-0.39, 0.29) is 0 Å². The van der Waals surface area contributed by atoms with Crippen LogP contribution in [0.15, 0.2) is 24.4 Å². The summed E-state index contributed by atoms with van der Waals surface area (Å²) in [6, 6.07) is 5.76. The molecule has 0 aliphatic heterocycles. The highest BCUT2D eigenvalue weighted by atomic mass is 35.5. The van der Waals surface area contributed by atoms with Gasteiger partial charge in [-0.3, -0.25) is 14.3 Å². The zero-order valence-electron chi connectivity index (χ0n) is 10.8. The Morgan fingerprint density at radius 1 is 1.35 bits per heavy atom. The van der Waals surface area contributed by atoms with E-state index in [1.54, 1.807) is 22.5 Å². The van der Waals surface area contributed by atoms with Crippen LogP contribution in [0.3, 0.4) is 0 Å². The van der Waals surface area contributed by atoms with Crippen LogP contribution in [0.1, 0.15) is 5.56 Å². The fraction of sp³-hybridized carbons (Fsp3) is 0.167. The van der Waals surface area contributed by atoms with Crippen molar-refractivity contribution >= 4 is 23.8 Å². The maximum absolute atomic E-state index is 6.31. The average Bonchev–Trinajstić information content (AvgIpc) is 2.96. The summed E-state index contributed by atoms with van der Waals surface area (Å²) in [7, 11) is 1.79. The van der Waals surface area contributed by atoms with Crippen molar-refractivity contribution in [2.45, 2.75) is 6.92 Å². The van der Waals surface area contributed by atoms with Crippen molar-refractivity contribution in [2.75, 3.05) is 0 Å². The van der Waals surface area contributed by atoms with Crippen molar-refractivity contribution in [3.8, 4) is 17.2 Å². The number of nitrogens with one attached hydrogen (secondary N) is 1. The van der Waals surface area contributed by atoms with Gasteiger partial charge in [-0.15, -0.1) is 5.10 Å². The molecule has 1 aromatic carbocycles. The van der Waals surface area contributed by atoms with Crippen LogP contribution >= 0.6 is 23.8 Å². The van der Waals surface area contributed by atoms with Crippen molar-refractivity contribution in [1.29, 1.82) is 0 Å². The van der Waals surface area contributed by atoms with Crippen LogP contribution in [-0.4, -0.2) is 29.8 Å². The van der Waals surface area contributed by atoms with Crippen LogP contribution in [0, 0.1) is 11.7 Å². The highest BCUT2D eigenvalue weighted by Crippen LogP contribution is 2.26. The molecule has 2 heterocycles. The monoisotopic (exact) mass is 306 g/mol. The Morgan fingerprint density at radius 3 is 2.80 bits per heavy atom. The largest absolute Gasteiger partial charge is 0.265 e. The summed E-state index contributed by atoms with van der Waals surface area (Å²) in [5, 5.41) is 15.5. The van der Waals surface area contributed by atoms with Gasteiger partial charge in [0.2, 0.25) is 0 Å². The Kier molecular flexibility index (Phi) is 3.15. The van der Waals surface area contributed by atoms with Gasteiger partial charge in [-0.2, -0.15) is 5.10 Å². The third-order valence-electron chi connectivity index (χ3n) is 2.85. The van der Waals surface area contributed by atoms with Gasteiger partial charge in [-0.05, 0) is 36.8 Å². The summed E-state index contributed by atoms with van der Waals surface area (Å²) < 4.78 is 3.81. The van der Waals surface area contributed by atoms with Gasteiger partial charge in [0.25, 0.3) is 0 Å². The van der Waals surface area contributed by atoms with E-state index in [2.05, 4.69) is 20.5 Å². The molecule has 8 heteroatoms. The minimum atomic E-state index is 0.455. The third-order valence-corrected chi connectivity index (χ3v) is 3.42. The summed E-state index contributed by atoms with van der Waals surface area (Å²) in [6.07, 6.45) is 1.77. The first-order valence-electron chi connectivity index (χ1n) is 5.87. The normalized spacial score (nSPS) is 10.9. The molecule has 6 nitrogen and oxygen atoms in total. The Hall–Kier alpha value is -1.99. The minimum Gasteiger partial charge on any atom is -0.265 e. The van der Waals surface area contributed by atoms with Crippen molar-refractivity contribution in [3.63, 3.8) is 0 Å². The lowest BCUT2D eigenvalue weighted by atomic mass is 10.2. The summed E-state index contributed by atoms with van der Waals surface area (Å²) >= 11 is 11.6. The van der Waals surface area contributed by atoms with E-state index in [9.17, 15) is 0 Å². The van der Waals surface area contributed by atoms with E-state index in [0.717, 1.165) is 11.3 Å². The number of halogens is 1. The van der Waals surface area contributed by atoms with Crippen LogP contribution in [0.2, 0.25) is 5.02 Å². The predicted octanol–water partition coefficient (Wildman–Crippen LogP) is 2.69. The van der Waals surface area contributed by atoms with E-state index in [1.807, 2.05) is 25.1 Å². The highest BCUT2D eigenvalue weighted by molar-refractivity contribution is 7.71. The number of hydrogen-bond acceptors (Lipinski definition) is 4. The second-order valence-corrected chi connectivity index (χ2v) is 5.21. The average molecular weight is 307 g/mol. The molecule has 3 rings (SSSR count). The first kappa shape index (κ1) is 13.0. The molecule has 102 valence electrons. The van der Waals surface area contributed by atoms with E-state index in [1.165, 1.54) is 0 Å². The van der Waals surface area contributed by atoms with Crippen molar-refractivity contribution in [1.82, 2.24) is 29.8 Å². The highest BCUT2D eigenvalue weighted by Gasteiger charge is 2.15. The number of aromatic nitrogens is 6. The minimum absolute atomic E-state index is 0.455. The SMILES string of the molecule is Cc1ccc(-n2c(-c3cn(C)nn3)n[nH]c2=S)c(Cl)c1. The van der Waals surface area contributed by atoms with Crippen molar-refractivity contribution in [2.24, 2.45) is 7.05 Å². The van der Waals surface area contributed by atoms with Gasteiger partial charge in [-0.25, -0.2) is 0 Å². The zero-order chi connectivity index (χ0) is 14.3. The number of hydrogen-bond donors (Lipinski definition) is 1. The fourth-order valence-electron chi connectivity index (χ4n) is 1.94. The van der Waals surface area contributed by atoms with E-state index in [4.69, 9.17) is 23.8 Å². The Bertz CT molecular complexity index is 831. The van der Waals surface area contributed by atoms with Gasteiger partial charge in [0.05, 0.1) is 16.9 Å². The topological polar surface area (TPSA) is 64.3 Å². The van der Waals surface area contributed by atoms with Gasteiger partial charge in [0.1, 0.15) is 0 Å². The van der Waals surface area contributed by atoms with Crippen LogP contribution in [0.4, 0.5) is 0 Å². The van der Waals surface area contributed by atoms with Gasteiger partial charge in [0.15, 0.2) is 16.3 Å². The number of aromatic amines is 1. The molecule has 0 fully saturated rings. The van der Waals surface area contributed by atoms with Gasteiger partial charge < -0.3 is 0 Å². The smallest absolute Gasteiger partial charge is 0.200 e. The molecular formula is C12H11ClN6S. The fourth-order valence-corrected chi connectivity index (χ4v) is 2.49. The van der Waals surface area contributed by atoms with Gasteiger partial charge in [0, 0.05) is 7.05 Å². The van der Waals surface area contributed by atoms with Crippen molar-refractivity contribution < 1.29 is 0 Å². The summed E-state index contributed by atoms with van der Waals surface area (Å²) in [6.45, 7) is 1.98. The summed E-state index contributed by atoms with van der Waals surface area (Å²) in [5.74, 6) is 0.578. The summed E-state index contributed by atoms with van der Waals surface area (Å²) in [5.41, 5.74) is 2.46. The Balaban J connectivity index is 2.24. The number of aryl methyl sites for hydroxylation is 2. The van der Waals surface area contributed by atoms with E-state index >= 15 is 0 Å². The first-order chi connectivity index (χ1) is 9.56. The van der Waals surface area contributed by atoms with Crippen LogP contribution in [0.25, 0.3) is 17.2 Å². The molecule has 0 unspecified atom stereocenters. The molecule has 0 bridgehead atoms. The second-order valence-electron chi connectivity index (χ2n) is 4.42. The third kappa shape index (κ3) is 2.14. The zero-order valence-corrected chi connectivity index (χ0v) is 12.4. The molecule has 0 saturated heterocycles. The maximum Gasteiger partial charge on any atom is 0.200 e. The van der Waals surface area contributed by atoms with Crippen molar-refractivity contribution in [3.05, 3.63) is 39.8 Å². The standard InChI is InChI=1S/C12H11ClN6S/c1-7-3-4-10(8(13)5-7)19-11(15-16-12(19)20)9-6-18(2)17-14-9/h3-6H,1-2H3,(H,16,20). The van der Waals surface area contributed by atoms with Gasteiger partial charge >= 0.3 is 0 Å². The molecule has 0 atom stereocenters. The molecule has 0 aliphatic rings. The number of benzene rings is 1. The lowest BCUT2D eigenvalue weighted by Crippen LogP contribution is -1.99. The van der Waals surface area contributed by atoms with E-state index < -0.39 is 0 Å². The lowest BCUT2D eigenvalue weighted by molar-refractivity contribution is 0.715. The second kappa shape index (κ2) is 4.84. The predicted molar refractivity (Wildman–Crippen MR) is 78.5 cm³/mol. The quantitative estimate of drug-likeness (QED) is 0.739. The molecule has 0 radical (unpaired) electrons. The molecule has 3 aromatic rings. The first-order valence-corrected chi connectivity index (χ1v) is 6.65. The molecule has 0 spiro atoms. The molecule has 1 N–H and O–H groups in total. The number of H-pyrrole nitrogens is 1. The molecule has 0 saturated carbocycles. The number of nitrogens with zero attached hydrogens (tertiary/aromatic N) is 5. The molecule has 0 aliphatic carbocycles. The molecule has 20 heavy (non-hydrogen) atoms. The molecule has 0 amide bonds. The Labute approximate surface area is 125 Å².